The highest BCUT2D eigenvalue weighted by molar-refractivity contribution is 7.90. The van der Waals surface area contributed by atoms with Gasteiger partial charge in [-0.2, -0.15) is 0 Å². The quantitative estimate of drug-likeness (QED) is 0.466. The third kappa shape index (κ3) is 6.83. The summed E-state index contributed by atoms with van der Waals surface area (Å²) in [6, 6.07) is 19.0. The first-order valence-corrected chi connectivity index (χ1v) is 14.2. The van der Waals surface area contributed by atoms with Crippen molar-refractivity contribution in [3.05, 3.63) is 94.8 Å². The number of sulfone groups is 1. The fraction of sp³-hybridized carbons (Fsp3) is 0.310. The number of carbonyl (C=O) groups excluding carboxylic acids is 2. The number of amides is 2. The summed E-state index contributed by atoms with van der Waals surface area (Å²) in [6.07, 6.45) is 3.47. The average Bonchev–Trinajstić information content (AvgIpc) is 2.89. The van der Waals surface area contributed by atoms with Crippen LogP contribution in [0.2, 0.25) is 0 Å². The summed E-state index contributed by atoms with van der Waals surface area (Å²) in [5.41, 5.74) is 3.63. The van der Waals surface area contributed by atoms with E-state index in [1.54, 1.807) is 30.0 Å². The lowest BCUT2D eigenvalue weighted by atomic mass is 9.89. The fourth-order valence-electron chi connectivity index (χ4n) is 4.57. The maximum absolute atomic E-state index is 13.7. The molecule has 0 saturated carbocycles. The molecule has 3 aromatic rings. The molecule has 1 saturated heterocycles. The van der Waals surface area contributed by atoms with Crippen LogP contribution in [0.1, 0.15) is 52.2 Å². The van der Waals surface area contributed by atoms with E-state index in [0.29, 0.717) is 42.2 Å². The van der Waals surface area contributed by atoms with Crippen molar-refractivity contribution in [3.63, 3.8) is 0 Å². The van der Waals surface area contributed by atoms with E-state index < -0.39 is 9.84 Å². The molecule has 194 valence electrons. The molecule has 8 heteroatoms. The summed E-state index contributed by atoms with van der Waals surface area (Å²) in [5, 5.41) is 2.90. The van der Waals surface area contributed by atoms with E-state index in [1.165, 1.54) is 18.2 Å². The molecule has 3 aromatic carbocycles. The van der Waals surface area contributed by atoms with Crippen molar-refractivity contribution >= 4 is 27.3 Å². The first-order chi connectivity index (χ1) is 17.6. The van der Waals surface area contributed by atoms with Crippen LogP contribution in [-0.4, -0.2) is 44.5 Å². The molecule has 0 spiro atoms. The van der Waals surface area contributed by atoms with Gasteiger partial charge in [0.25, 0.3) is 5.91 Å². The molecule has 1 heterocycles. The van der Waals surface area contributed by atoms with Gasteiger partial charge < -0.3 is 10.2 Å². The molecule has 0 radical (unpaired) electrons. The minimum atomic E-state index is -3.38. The van der Waals surface area contributed by atoms with Crippen molar-refractivity contribution in [3.8, 4) is 0 Å². The van der Waals surface area contributed by atoms with Gasteiger partial charge in [-0.25, -0.2) is 12.8 Å². The second-order valence-electron chi connectivity index (χ2n) is 9.62. The molecule has 0 aliphatic carbocycles. The third-order valence-corrected chi connectivity index (χ3v) is 7.94. The Kier molecular flexibility index (Phi) is 8.07. The molecule has 2 amide bonds. The van der Waals surface area contributed by atoms with Gasteiger partial charge >= 0.3 is 0 Å². The van der Waals surface area contributed by atoms with Crippen LogP contribution in [0.4, 0.5) is 10.1 Å². The molecule has 1 fully saturated rings. The molecule has 37 heavy (non-hydrogen) atoms. The Labute approximate surface area is 217 Å². The highest BCUT2D eigenvalue weighted by atomic mass is 32.2. The Hall–Kier alpha value is -3.52. The van der Waals surface area contributed by atoms with E-state index in [0.717, 1.165) is 30.2 Å². The van der Waals surface area contributed by atoms with Crippen LogP contribution in [0.5, 0.6) is 0 Å². The topological polar surface area (TPSA) is 83.6 Å². The van der Waals surface area contributed by atoms with Crippen molar-refractivity contribution in [2.45, 2.75) is 43.4 Å². The number of piperidine rings is 1. The molecule has 1 aliphatic heterocycles. The Morgan fingerprint density at radius 1 is 1.00 bits per heavy atom. The van der Waals surface area contributed by atoms with Crippen LogP contribution >= 0.6 is 0 Å². The second kappa shape index (κ2) is 11.3. The lowest BCUT2D eigenvalue weighted by Crippen LogP contribution is -2.38. The van der Waals surface area contributed by atoms with Crippen molar-refractivity contribution in [1.82, 2.24) is 4.90 Å². The number of rotatable bonds is 7. The predicted molar refractivity (Wildman–Crippen MR) is 142 cm³/mol. The number of nitrogens with zero attached hydrogens (tertiary/aromatic N) is 1. The smallest absolute Gasteiger partial charge is 0.253 e. The van der Waals surface area contributed by atoms with Crippen molar-refractivity contribution in [2.75, 3.05) is 24.7 Å². The minimum Gasteiger partial charge on any atom is -0.339 e. The number of carbonyl (C=O) groups is 2. The summed E-state index contributed by atoms with van der Waals surface area (Å²) in [6.45, 7) is 2.89. The maximum Gasteiger partial charge on any atom is 0.253 e. The molecule has 0 unspecified atom stereocenters. The summed E-state index contributed by atoms with van der Waals surface area (Å²) < 4.78 is 37.3. The zero-order valence-corrected chi connectivity index (χ0v) is 21.9. The van der Waals surface area contributed by atoms with Gasteiger partial charge in [0, 0.05) is 37.0 Å². The highest BCUT2D eigenvalue weighted by Gasteiger charge is 2.25. The number of nitrogens with one attached hydrogen (secondary N) is 1. The molecule has 6 nitrogen and oxygen atoms in total. The Balaban J connectivity index is 1.28. The van der Waals surface area contributed by atoms with Crippen LogP contribution in [-0.2, 0) is 21.1 Å². The van der Waals surface area contributed by atoms with E-state index >= 15 is 0 Å². The Morgan fingerprint density at radius 3 is 2.35 bits per heavy atom. The number of hydrogen-bond acceptors (Lipinski definition) is 4. The first-order valence-electron chi connectivity index (χ1n) is 12.3. The van der Waals surface area contributed by atoms with Gasteiger partial charge in [-0.3, -0.25) is 9.59 Å². The van der Waals surface area contributed by atoms with Gasteiger partial charge in [-0.15, -0.1) is 0 Å². The Bertz CT molecular complexity index is 1400. The second-order valence-corrected chi connectivity index (χ2v) is 11.6. The minimum absolute atomic E-state index is 0.125. The number of halogens is 1. The summed E-state index contributed by atoms with van der Waals surface area (Å²) in [7, 11) is -3.38. The Morgan fingerprint density at radius 2 is 1.70 bits per heavy atom. The van der Waals surface area contributed by atoms with E-state index in [9.17, 15) is 22.4 Å². The summed E-state index contributed by atoms with van der Waals surface area (Å²) in [5.74, 6) is -0.242. The van der Waals surface area contributed by atoms with Crippen molar-refractivity contribution in [2.24, 2.45) is 0 Å². The van der Waals surface area contributed by atoms with Gasteiger partial charge in [0.15, 0.2) is 9.84 Å². The van der Waals surface area contributed by atoms with E-state index in [4.69, 9.17) is 0 Å². The average molecular weight is 523 g/mol. The number of likely N-dealkylation sites (tertiary alicyclic amines) is 1. The SMILES string of the molecule is Cc1ccc(CCC(=O)Nc2ccc(C3CCN(C(=O)c4cccc(S(C)(=O)=O)c4)CC3)cc2)cc1F. The first kappa shape index (κ1) is 26.5. The largest absolute Gasteiger partial charge is 0.339 e. The van der Waals surface area contributed by atoms with E-state index in [-0.39, 0.29) is 28.9 Å². The summed E-state index contributed by atoms with van der Waals surface area (Å²) in [4.78, 5) is 27.2. The number of anilines is 1. The van der Waals surface area contributed by atoms with Gasteiger partial charge in [0.2, 0.25) is 5.91 Å². The van der Waals surface area contributed by atoms with Gasteiger partial charge in [0.1, 0.15) is 5.82 Å². The van der Waals surface area contributed by atoms with Crippen molar-refractivity contribution < 1.29 is 22.4 Å². The number of benzene rings is 3. The zero-order chi connectivity index (χ0) is 26.6. The van der Waals surface area contributed by atoms with Crippen LogP contribution in [0.3, 0.4) is 0 Å². The van der Waals surface area contributed by atoms with Crippen molar-refractivity contribution in [1.29, 1.82) is 0 Å². The molecule has 0 bridgehead atoms. The molecule has 0 atom stereocenters. The van der Waals surface area contributed by atoms with Crippen LogP contribution in [0.25, 0.3) is 0 Å². The monoisotopic (exact) mass is 522 g/mol. The third-order valence-electron chi connectivity index (χ3n) is 6.83. The number of hydrogen-bond donors (Lipinski definition) is 1. The molecule has 1 aliphatic rings. The van der Waals surface area contributed by atoms with Gasteiger partial charge in [0.05, 0.1) is 4.90 Å². The molecule has 1 N–H and O–H groups in total. The molecular formula is C29H31FN2O4S. The fourth-order valence-corrected chi connectivity index (χ4v) is 5.24. The standard InChI is InChI=1S/C29H31FN2O4S/c1-20-6-7-21(18-27(20)30)8-13-28(33)31-25-11-9-22(10-12-25)23-14-16-32(17-15-23)29(34)24-4-3-5-26(19-24)37(2,35)36/h3-7,9-12,18-19,23H,8,13-17H2,1-2H3,(H,31,33). The number of aryl methyl sites for hydroxylation is 2. The maximum atomic E-state index is 13.7. The summed E-state index contributed by atoms with van der Waals surface area (Å²) >= 11 is 0. The highest BCUT2D eigenvalue weighted by Crippen LogP contribution is 2.30. The van der Waals surface area contributed by atoms with Gasteiger partial charge in [-0.1, -0.05) is 30.3 Å². The van der Waals surface area contributed by atoms with Crippen LogP contribution < -0.4 is 5.32 Å². The lowest BCUT2D eigenvalue weighted by Gasteiger charge is -2.32. The molecular weight excluding hydrogens is 491 g/mol. The zero-order valence-electron chi connectivity index (χ0n) is 21.0. The van der Waals surface area contributed by atoms with E-state index in [1.807, 2.05) is 30.3 Å². The van der Waals surface area contributed by atoms with Gasteiger partial charge in [-0.05, 0) is 85.2 Å². The van der Waals surface area contributed by atoms with E-state index in [2.05, 4.69) is 5.32 Å². The lowest BCUT2D eigenvalue weighted by molar-refractivity contribution is -0.116. The molecule has 4 rings (SSSR count). The van der Waals surface area contributed by atoms with Crippen LogP contribution in [0.15, 0.2) is 71.6 Å². The van der Waals surface area contributed by atoms with Crippen LogP contribution in [0, 0.1) is 12.7 Å². The molecule has 0 aromatic heterocycles. The predicted octanol–water partition coefficient (Wildman–Crippen LogP) is 5.13. The normalized spacial score (nSPS) is 14.4.